The Morgan fingerprint density at radius 3 is 2.59 bits per heavy atom. The van der Waals surface area contributed by atoms with Crippen LogP contribution in [0.15, 0.2) is 49.2 Å². The Kier molecular flexibility index (Phi) is 2.06. The van der Waals surface area contributed by atoms with E-state index < -0.39 is 0 Å². The molecule has 0 aliphatic rings. The highest BCUT2D eigenvalue weighted by molar-refractivity contribution is 6.25. The average Bonchev–Trinajstić information content (AvgIpc) is 3.09. The fraction of sp³-hybridized carbons (Fsp3) is 0.111. The second kappa shape index (κ2) is 3.85. The first-order valence-electron chi connectivity index (χ1n) is 7.29. The molecular weight excluding hydrogens is 272 g/mol. The molecule has 2 aromatic carbocycles. The molecule has 4 heteroatoms. The van der Waals surface area contributed by atoms with Gasteiger partial charge in [0.05, 0.1) is 22.9 Å². The van der Waals surface area contributed by atoms with Crippen LogP contribution >= 0.6 is 0 Å². The Morgan fingerprint density at radius 1 is 0.864 bits per heavy atom. The molecular formula is C18H14N4. The van der Waals surface area contributed by atoms with Crippen molar-refractivity contribution >= 4 is 43.5 Å². The lowest BCUT2D eigenvalue weighted by Crippen LogP contribution is -1.86. The van der Waals surface area contributed by atoms with Crippen molar-refractivity contribution in [2.24, 2.45) is 14.1 Å². The first kappa shape index (κ1) is 11.7. The van der Waals surface area contributed by atoms with Crippen LogP contribution in [0.25, 0.3) is 43.5 Å². The van der Waals surface area contributed by atoms with E-state index in [1.54, 1.807) is 0 Å². The summed E-state index contributed by atoms with van der Waals surface area (Å²) in [5.74, 6) is 0. The molecule has 0 spiro atoms. The van der Waals surface area contributed by atoms with Gasteiger partial charge in [0.1, 0.15) is 0 Å². The number of pyridine rings is 1. The van der Waals surface area contributed by atoms with Crippen LogP contribution in [0.2, 0.25) is 0 Å². The van der Waals surface area contributed by atoms with Gasteiger partial charge < -0.3 is 9.13 Å². The number of hydrogen-bond acceptors (Lipinski definition) is 2. The quantitative estimate of drug-likeness (QED) is 0.406. The van der Waals surface area contributed by atoms with Crippen molar-refractivity contribution in [3.8, 4) is 0 Å². The van der Waals surface area contributed by atoms with Gasteiger partial charge in [-0.3, -0.25) is 4.98 Å². The number of benzene rings is 2. The van der Waals surface area contributed by atoms with Crippen molar-refractivity contribution in [2.75, 3.05) is 0 Å². The Labute approximate surface area is 126 Å². The second-order valence-electron chi connectivity index (χ2n) is 5.89. The molecule has 0 fully saturated rings. The average molecular weight is 286 g/mol. The van der Waals surface area contributed by atoms with E-state index in [0.29, 0.717) is 0 Å². The molecule has 0 aliphatic heterocycles. The smallest absolute Gasteiger partial charge is 0.0955 e. The molecule has 0 N–H and O–H groups in total. The molecule has 4 nitrogen and oxygen atoms in total. The van der Waals surface area contributed by atoms with Gasteiger partial charge in [0, 0.05) is 48.8 Å². The Balaban J connectivity index is 2.18. The van der Waals surface area contributed by atoms with E-state index in [0.717, 1.165) is 16.6 Å². The number of aryl methyl sites for hydroxylation is 2. The third-order valence-corrected chi connectivity index (χ3v) is 4.46. The van der Waals surface area contributed by atoms with Gasteiger partial charge in [0.2, 0.25) is 0 Å². The van der Waals surface area contributed by atoms with Crippen LogP contribution in [-0.4, -0.2) is 19.1 Å². The van der Waals surface area contributed by atoms with Crippen LogP contribution in [-0.2, 0) is 14.1 Å². The first-order valence-corrected chi connectivity index (χ1v) is 7.29. The molecule has 3 aromatic heterocycles. The molecule has 0 bridgehead atoms. The Bertz CT molecular complexity index is 1190. The summed E-state index contributed by atoms with van der Waals surface area (Å²) in [6.07, 6.45) is 8.04. The zero-order valence-electron chi connectivity index (χ0n) is 12.4. The molecule has 0 aliphatic carbocycles. The summed E-state index contributed by atoms with van der Waals surface area (Å²) in [6, 6.07) is 8.58. The molecule has 22 heavy (non-hydrogen) atoms. The van der Waals surface area contributed by atoms with Crippen molar-refractivity contribution in [3.05, 3.63) is 49.2 Å². The number of nitrogens with zero attached hydrogens (tertiary/aromatic N) is 4. The van der Waals surface area contributed by atoms with Crippen LogP contribution in [0, 0.1) is 0 Å². The van der Waals surface area contributed by atoms with E-state index in [2.05, 4.69) is 56.7 Å². The zero-order valence-corrected chi connectivity index (χ0v) is 12.4. The first-order chi connectivity index (χ1) is 10.7. The number of hydrogen-bond donors (Lipinski definition) is 0. The normalized spacial score (nSPS) is 12.1. The van der Waals surface area contributed by atoms with Gasteiger partial charge in [-0.25, -0.2) is 4.98 Å². The minimum Gasteiger partial charge on any atom is -0.356 e. The van der Waals surface area contributed by atoms with E-state index in [9.17, 15) is 0 Å². The number of rotatable bonds is 0. The largest absolute Gasteiger partial charge is 0.356 e. The minimum absolute atomic E-state index is 1.03. The predicted octanol–water partition coefficient (Wildman–Crippen LogP) is 3.77. The topological polar surface area (TPSA) is 35.6 Å². The Morgan fingerprint density at radius 2 is 1.68 bits per heavy atom. The third-order valence-electron chi connectivity index (χ3n) is 4.46. The van der Waals surface area contributed by atoms with Crippen LogP contribution in [0.3, 0.4) is 0 Å². The van der Waals surface area contributed by atoms with Crippen LogP contribution in [0.5, 0.6) is 0 Å². The van der Waals surface area contributed by atoms with E-state index in [-0.39, 0.29) is 0 Å². The standard InChI is InChI=1S/C18H14N4/c1-21-8-14-12-6-16-17(22(2)10-20-16)7-13(12)11-4-3-5-19-18(11)15(14)9-21/h3-10H,1-2H3. The van der Waals surface area contributed by atoms with Crippen molar-refractivity contribution in [3.63, 3.8) is 0 Å². The fourth-order valence-corrected chi connectivity index (χ4v) is 3.44. The summed E-state index contributed by atoms with van der Waals surface area (Å²) in [7, 11) is 4.09. The van der Waals surface area contributed by atoms with Crippen LogP contribution in [0.4, 0.5) is 0 Å². The zero-order chi connectivity index (χ0) is 14.8. The van der Waals surface area contributed by atoms with E-state index in [1.807, 2.05) is 25.6 Å². The van der Waals surface area contributed by atoms with Crippen molar-refractivity contribution in [2.45, 2.75) is 0 Å². The second-order valence-corrected chi connectivity index (χ2v) is 5.89. The molecule has 0 amide bonds. The molecule has 106 valence electrons. The van der Waals surface area contributed by atoms with Gasteiger partial charge in [-0.2, -0.15) is 0 Å². The summed E-state index contributed by atoms with van der Waals surface area (Å²) in [5.41, 5.74) is 3.24. The lowest BCUT2D eigenvalue weighted by Gasteiger charge is -2.07. The molecule has 0 atom stereocenters. The number of imidazole rings is 1. The van der Waals surface area contributed by atoms with Gasteiger partial charge >= 0.3 is 0 Å². The van der Waals surface area contributed by atoms with Crippen molar-refractivity contribution in [1.82, 2.24) is 19.1 Å². The van der Waals surface area contributed by atoms with Crippen molar-refractivity contribution in [1.29, 1.82) is 0 Å². The lowest BCUT2D eigenvalue weighted by molar-refractivity contribution is 0.934. The fourth-order valence-electron chi connectivity index (χ4n) is 3.44. The maximum atomic E-state index is 4.63. The number of fused-ring (bicyclic) bond motifs is 7. The molecule has 0 saturated heterocycles. The summed E-state index contributed by atoms with van der Waals surface area (Å²) >= 11 is 0. The maximum absolute atomic E-state index is 4.63. The highest BCUT2D eigenvalue weighted by Gasteiger charge is 2.13. The van der Waals surface area contributed by atoms with Gasteiger partial charge in [0.15, 0.2) is 0 Å². The van der Waals surface area contributed by atoms with E-state index >= 15 is 0 Å². The lowest BCUT2D eigenvalue weighted by atomic mass is 9.99. The monoisotopic (exact) mass is 286 g/mol. The number of aromatic nitrogens is 4. The molecule has 0 unspecified atom stereocenters. The molecule has 5 aromatic rings. The summed E-state index contributed by atoms with van der Waals surface area (Å²) in [6.45, 7) is 0. The summed E-state index contributed by atoms with van der Waals surface area (Å²) < 4.78 is 4.16. The minimum atomic E-state index is 1.03. The van der Waals surface area contributed by atoms with Crippen LogP contribution in [0.1, 0.15) is 0 Å². The van der Waals surface area contributed by atoms with Gasteiger partial charge in [-0.05, 0) is 29.0 Å². The molecule has 0 radical (unpaired) electrons. The van der Waals surface area contributed by atoms with E-state index in [1.165, 1.54) is 26.9 Å². The van der Waals surface area contributed by atoms with Gasteiger partial charge in [-0.15, -0.1) is 0 Å². The van der Waals surface area contributed by atoms with Gasteiger partial charge in [-0.1, -0.05) is 6.07 Å². The molecule has 3 heterocycles. The molecule has 0 saturated carbocycles. The predicted molar refractivity (Wildman–Crippen MR) is 90.0 cm³/mol. The third kappa shape index (κ3) is 1.36. The SMILES string of the molecule is Cn1cc2c3cc4ncn(C)c4cc3c3cccnc3c2c1. The summed E-state index contributed by atoms with van der Waals surface area (Å²) in [4.78, 5) is 9.13. The van der Waals surface area contributed by atoms with Crippen LogP contribution < -0.4 is 0 Å². The molecule has 5 rings (SSSR count). The highest BCUT2D eigenvalue weighted by atomic mass is 15.0. The highest BCUT2D eigenvalue weighted by Crippen LogP contribution is 2.36. The Hall–Kier alpha value is -2.88. The summed E-state index contributed by atoms with van der Waals surface area (Å²) in [5, 5.41) is 6.09. The maximum Gasteiger partial charge on any atom is 0.0955 e. The van der Waals surface area contributed by atoms with E-state index in [4.69, 9.17) is 0 Å². The van der Waals surface area contributed by atoms with Gasteiger partial charge in [0.25, 0.3) is 0 Å². The van der Waals surface area contributed by atoms with Crippen molar-refractivity contribution < 1.29 is 0 Å².